The summed E-state index contributed by atoms with van der Waals surface area (Å²) in [6, 6.07) is 0. The molecule has 0 aliphatic heterocycles. The monoisotopic (exact) mass is 854 g/mol. The molecule has 0 amide bonds. The highest BCUT2D eigenvalue weighted by atomic mass is 16.7. The number of esters is 2. The molecule has 348 valence electrons. The summed E-state index contributed by atoms with van der Waals surface area (Å²) in [7, 11) is 5.89. The summed E-state index contributed by atoms with van der Waals surface area (Å²) in [5.41, 5.74) is 0. The number of nitrogens with zero attached hydrogens (tertiary/aromatic N) is 1. The highest BCUT2D eigenvalue weighted by Crippen LogP contribution is 2.13. The predicted molar refractivity (Wildman–Crippen MR) is 251 cm³/mol. The molecule has 0 aliphatic carbocycles. The fraction of sp³-hybridized carbons (Fsp3) is 0.673. The number of hydrogen-bond acceptors (Lipinski definition) is 8. The van der Waals surface area contributed by atoms with Crippen molar-refractivity contribution in [2.75, 3.05) is 47.5 Å². The van der Waals surface area contributed by atoms with Gasteiger partial charge in [-0.3, -0.25) is 9.59 Å². The van der Waals surface area contributed by atoms with Crippen molar-refractivity contribution in [3.8, 4) is 0 Å². The molecule has 0 heterocycles. The second kappa shape index (κ2) is 43.1. The molecule has 0 aliphatic rings. The maximum Gasteiger partial charge on any atom is 0.306 e. The molecule has 0 fully saturated rings. The van der Waals surface area contributed by atoms with Gasteiger partial charge >= 0.3 is 11.9 Å². The number of unbranched alkanes of at least 4 members (excludes halogenated alkanes) is 13. The lowest BCUT2D eigenvalue weighted by Crippen LogP contribution is -2.44. The molecule has 9 nitrogen and oxygen atoms in total. The molecule has 0 radical (unpaired) electrons. The highest BCUT2D eigenvalue weighted by molar-refractivity contribution is 5.70. The third kappa shape index (κ3) is 44.3. The third-order valence-electron chi connectivity index (χ3n) is 9.66. The lowest BCUT2D eigenvalue weighted by Gasteiger charge is -2.26. The molecule has 0 saturated carbocycles. The summed E-state index contributed by atoms with van der Waals surface area (Å²) in [6.45, 7) is 4.54. The normalized spacial score (nSPS) is 13.7. The lowest BCUT2D eigenvalue weighted by atomic mass is 10.1. The highest BCUT2D eigenvalue weighted by Gasteiger charge is 2.21. The molecule has 0 aromatic rings. The minimum absolute atomic E-state index is 0.142. The van der Waals surface area contributed by atoms with Gasteiger partial charge in [-0.05, 0) is 70.6 Å². The second-order valence-electron chi connectivity index (χ2n) is 16.7. The summed E-state index contributed by atoms with van der Waals surface area (Å²) < 4.78 is 22.4. The van der Waals surface area contributed by atoms with Gasteiger partial charge in [-0.2, -0.15) is 0 Å². The summed E-state index contributed by atoms with van der Waals surface area (Å²) in [5, 5.41) is 11.7. The third-order valence-corrected chi connectivity index (χ3v) is 9.66. The van der Waals surface area contributed by atoms with Gasteiger partial charge in [0.2, 0.25) is 0 Å². The number of carbonyl (C=O) groups is 3. The van der Waals surface area contributed by atoms with Gasteiger partial charge in [0.25, 0.3) is 0 Å². The number of carbonyl (C=O) groups excluding carboxylic acids is 3. The smallest absolute Gasteiger partial charge is 0.306 e. The van der Waals surface area contributed by atoms with E-state index in [1.807, 2.05) is 21.1 Å². The van der Waals surface area contributed by atoms with E-state index in [1.54, 1.807) is 0 Å². The summed E-state index contributed by atoms with van der Waals surface area (Å²) >= 11 is 0. The predicted octanol–water partition coefficient (Wildman–Crippen LogP) is 11.6. The van der Waals surface area contributed by atoms with Gasteiger partial charge < -0.3 is 33.3 Å². The molecule has 61 heavy (non-hydrogen) atoms. The average Bonchev–Trinajstić information content (AvgIpc) is 3.22. The molecule has 2 unspecified atom stereocenters. The number of quaternary nitrogens is 1. The van der Waals surface area contributed by atoms with E-state index >= 15 is 0 Å². The van der Waals surface area contributed by atoms with Gasteiger partial charge in [0.1, 0.15) is 13.2 Å². The SMILES string of the molecule is CC/C=C\C/C=C\C/C=C\C/C=C\C/C=C\C/C=C\C/C=C\CCCCCCCCCC(=O)OC(COC(=O)CCCCCCCCC)COC(OCC[N+](C)(C)C)C(=O)[O-]. The van der Waals surface area contributed by atoms with E-state index in [9.17, 15) is 19.5 Å². The van der Waals surface area contributed by atoms with E-state index in [0.717, 1.165) is 89.9 Å². The Morgan fingerprint density at radius 2 is 0.934 bits per heavy atom. The number of hydrogen-bond donors (Lipinski definition) is 0. The van der Waals surface area contributed by atoms with Crippen molar-refractivity contribution in [2.24, 2.45) is 0 Å². The number of likely N-dealkylation sites (N-methyl/N-ethyl adjacent to an activating group) is 1. The molecule has 0 N–H and O–H groups in total. The molecule has 0 spiro atoms. The van der Waals surface area contributed by atoms with Crippen molar-refractivity contribution in [2.45, 2.75) is 180 Å². The molecular formula is C52H87NO8. The Bertz CT molecular complexity index is 1270. The number of carboxylic acid groups (broad SMARTS) is 1. The largest absolute Gasteiger partial charge is 0.545 e. The van der Waals surface area contributed by atoms with Gasteiger partial charge in [-0.25, -0.2) is 0 Å². The number of allylic oxidation sites excluding steroid dienone is 14. The summed E-state index contributed by atoms with van der Waals surface area (Å²) in [6.07, 6.45) is 52.1. The van der Waals surface area contributed by atoms with Crippen LogP contribution in [0.3, 0.4) is 0 Å². The van der Waals surface area contributed by atoms with E-state index in [-0.39, 0.29) is 38.6 Å². The van der Waals surface area contributed by atoms with Crippen LogP contribution in [-0.2, 0) is 33.3 Å². The molecule has 9 heteroatoms. The Kier molecular flexibility index (Phi) is 40.6. The summed E-state index contributed by atoms with van der Waals surface area (Å²) in [4.78, 5) is 36.8. The molecular weight excluding hydrogens is 767 g/mol. The van der Waals surface area contributed by atoms with Crippen molar-refractivity contribution in [3.63, 3.8) is 0 Å². The lowest BCUT2D eigenvalue weighted by molar-refractivity contribution is -0.870. The Balaban J connectivity index is 4.24. The Morgan fingerprint density at radius 1 is 0.508 bits per heavy atom. The van der Waals surface area contributed by atoms with E-state index in [0.29, 0.717) is 17.4 Å². The van der Waals surface area contributed by atoms with Crippen LogP contribution < -0.4 is 5.11 Å². The quantitative estimate of drug-likeness (QED) is 0.0196. The number of carboxylic acids is 1. The number of rotatable bonds is 42. The topological polar surface area (TPSA) is 111 Å². The number of ether oxygens (including phenoxy) is 4. The van der Waals surface area contributed by atoms with Crippen LogP contribution in [0.5, 0.6) is 0 Å². The maximum absolute atomic E-state index is 12.7. The van der Waals surface area contributed by atoms with Crippen LogP contribution in [0.25, 0.3) is 0 Å². The zero-order chi connectivity index (χ0) is 44.9. The van der Waals surface area contributed by atoms with Crippen LogP contribution in [0, 0.1) is 0 Å². The van der Waals surface area contributed by atoms with Crippen molar-refractivity contribution in [1.82, 2.24) is 0 Å². The molecule has 0 rings (SSSR count). The standard InChI is InChI=1S/C52H87NO8/c1-6-8-10-12-14-15-16-17-18-19-20-21-22-23-24-25-26-27-28-29-30-31-32-33-34-35-37-39-41-43-50(55)61-48(46-59-49(54)42-40-38-36-13-11-9-7-2)47-60-52(51(56)57)58-45-44-53(3,4)5/h8,10,14-15,17-18,20-21,23-24,26-27,29-30,48,52H,6-7,9,11-13,16,19,22,25,28,31-47H2,1-5H3/b10-8-,15-14-,18-17-,21-20-,24-23-,27-26-,30-29-. The van der Waals surface area contributed by atoms with Crippen LogP contribution >= 0.6 is 0 Å². The Labute approximate surface area is 372 Å². The first-order valence-electron chi connectivity index (χ1n) is 23.7. The van der Waals surface area contributed by atoms with Crippen molar-refractivity contribution in [1.29, 1.82) is 0 Å². The second-order valence-corrected chi connectivity index (χ2v) is 16.7. The van der Waals surface area contributed by atoms with Gasteiger partial charge in [0.15, 0.2) is 12.4 Å². The van der Waals surface area contributed by atoms with Crippen LogP contribution in [0.15, 0.2) is 85.1 Å². The zero-order valence-corrected chi connectivity index (χ0v) is 39.2. The van der Waals surface area contributed by atoms with Crippen LogP contribution in [0.4, 0.5) is 0 Å². The van der Waals surface area contributed by atoms with Crippen LogP contribution in [-0.4, -0.2) is 82.3 Å². The first-order chi connectivity index (χ1) is 29.6. The fourth-order valence-electron chi connectivity index (χ4n) is 5.98. The molecule has 0 aromatic carbocycles. The molecule has 0 bridgehead atoms. The minimum atomic E-state index is -1.62. The molecule has 0 saturated heterocycles. The molecule has 2 atom stereocenters. The first-order valence-corrected chi connectivity index (χ1v) is 23.7. The minimum Gasteiger partial charge on any atom is -0.545 e. The van der Waals surface area contributed by atoms with Crippen molar-refractivity contribution < 1.29 is 42.9 Å². The average molecular weight is 854 g/mol. The van der Waals surface area contributed by atoms with Gasteiger partial charge in [-0.1, -0.05) is 170 Å². The Hall–Kier alpha value is -3.53. The van der Waals surface area contributed by atoms with E-state index < -0.39 is 24.3 Å². The Morgan fingerprint density at radius 3 is 1.39 bits per heavy atom. The fourth-order valence-corrected chi connectivity index (χ4v) is 5.98. The maximum atomic E-state index is 12.7. The van der Waals surface area contributed by atoms with Gasteiger partial charge in [0.05, 0.1) is 40.3 Å². The number of aliphatic carboxylic acids is 1. The zero-order valence-electron chi connectivity index (χ0n) is 39.2. The van der Waals surface area contributed by atoms with Crippen molar-refractivity contribution >= 4 is 17.9 Å². The van der Waals surface area contributed by atoms with Crippen LogP contribution in [0.2, 0.25) is 0 Å². The van der Waals surface area contributed by atoms with E-state index in [1.165, 1.54) is 44.9 Å². The summed E-state index contributed by atoms with van der Waals surface area (Å²) in [5.74, 6) is -2.32. The first kappa shape index (κ1) is 57.5. The van der Waals surface area contributed by atoms with Crippen LogP contribution in [0.1, 0.15) is 168 Å². The van der Waals surface area contributed by atoms with Gasteiger partial charge in [-0.15, -0.1) is 0 Å². The van der Waals surface area contributed by atoms with E-state index in [2.05, 4.69) is 98.9 Å². The van der Waals surface area contributed by atoms with E-state index in [4.69, 9.17) is 18.9 Å². The molecule has 0 aromatic heterocycles. The van der Waals surface area contributed by atoms with Crippen molar-refractivity contribution in [3.05, 3.63) is 85.1 Å². The van der Waals surface area contributed by atoms with Gasteiger partial charge in [0, 0.05) is 12.8 Å².